The molecule has 0 aliphatic carbocycles. The van der Waals surface area contributed by atoms with Crippen molar-refractivity contribution in [2.45, 2.75) is 78.4 Å². The summed E-state index contributed by atoms with van der Waals surface area (Å²) in [5, 5.41) is 17.1. The number of nitrogens with one attached hydrogen (secondary N) is 1. The molecular formula is C24H34N6OS. The number of anilines is 1. The first-order valence-corrected chi connectivity index (χ1v) is 11.8. The van der Waals surface area contributed by atoms with Crippen LogP contribution in [0.3, 0.4) is 0 Å². The van der Waals surface area contributed by atoms with Gasteiger partial charge in [0, 0.05) is 11.5 Å². The Balaban J connectivity index is 1.80. The van der Waals surface area contributed by atoms with Gasteiger partial charge in [-0.2, -0.15) is 5.10 Å². The molecule has 32 heavy (non-hydrogen) atoms. The molecule has 0 saturated carbocycles. The zero-order valence-electron chi connectivity index (χ0n) is 20.6. The zero-order valence-corrected chi connectivity index (χ0v) is 21.4. The molecule has 0 radical (unpaired) electrons. The Bertz CT molecular complexity index is 1130. The van der Waals surface area contributed by atoms with E-state index >= 15 is 0 Å². The van der Waals surface area contributed by atoms with Gasteiger partial charge < -0.3 is 5.32 Å². The Hall–Kier alpha value is -2.61. The van der Waals surface area contributed by atoms with Crippen LogP contribution in [0.1, 0.15) is 64.2 Å². The fraction of sp³-hybridized carbons (Fsp3) is 0.500. The first kappa shape index (κ1) is 24.0. The van der Waals surface area contributed by atoms with Crippen LogP contribution in [-0.2, 0) is 15.7 Å². The third kappa shape index (κ3) is 5.23. The van der Waals surface area contributed by atoms with Crippen molar-refractivity contribution in [2.24, 2.45) is 0 Å². The average Bonchev–Trinajstić information content (AvgIpc) is 3.25. The van der Waals surface area contributed by atoms with Crippen molar-refractivity contribution >= 4 is 23.5 Å². The Morgan fingerprint density at radius 1 is 1.03 bits per heavy atom. The van der Waals surface area contributed by atoms with E-state index in [1.165, 1.54) is 11.8 Å². The van der Waals surface area contributed by atoms with Gasteiger partial charge in [-0.3, -0.25) is 9.36 Å². The van der Waals surface area contributed by atoms with Crippen molar-refractivity contribution in [1.29, 1.82) is 0 Å². The molecule has 0 bridgehead atoms. The van der Waals surface area contributed by atoms with Crippen LogP contribution in [0, 0.1) is 20.8 Å². The van der Waals surface area contributed by atoms with E-state index in [0.717, 1.165) is 28.3 Å². The SMILES string of the molecule is Cc1ccc(C)c(-n2c(C)nnc2SCC(=O)Nc2cc(C(C)(C)C)nn2C(C)(C)C)c1. The molecule has 1 aromatic carbocycles. The number of carbonyl (C=O) groups excluding carboxylic acids is 1. The summed E-state index contributed by atoms with van der Waals surface area (Å²) >= 11 is 1.38. The highest BCUT2D eigenvalue weighted by molar-refractivity contribution is 7.99. The van der Waals surface area contributed by atoms with Gasteiger partial charge in [0.1, 0.15) is 11.6 Å². The van der Waals surface area contributed by atoms with E-state index in [9.17, 15) is 4.79 Å². The highest BCUT2D eigenvalue weighted by atomic mass is 32.2. The van der Waals surface area contributed by atoms with E-state index in [1.807, 2.05) is 22.2 Å². The summed E-state index contributed by atoms with van der Waals surface area (Å²) in [6.45, 7) is 18.6. The Labute approximate surface area is 195 Å². The van der Waals surface area contributed by atoms with Gasteiger partial charge in [0.15, 0.2) is 5.16 Å². The second kappa shape index (κ2) is 8.73. The molecule has 0 aliphatic rings. The van der Waals surface area contributed by atoms with Gasteiger partial charge in [-0.1, -0.05) is 44.7 Å². The molecule has 3 rings (SSSR count). The van der Waals surface area contributed by atoms with E-state index in [1.54, 1.807) is 0 Å². The standard InChI is InChI=1S/C24H34N6OS/c1-15-10-11-16(2)18(12-15)29-17(3)26-27-22(29)32-14-21(31)25-20-13-19(23(4,5)6)28-30(20)24(7,8)9/h10-13H,14H2,1-9H3,(H,25,31). The number of amides is 1. The number of carbonyl (C=O) groups is 1. The highest BCUT2D eigenvalue weighted by Crippen LogP contribution is 2.29. The Morgan fingerprint density at radius 3 is 2.34 bits per heavy atom. The van der Waals surface area contributed by atoms with Crippen molar-refractivity contribution in [3.63, 3.8) is 0 Å². The number of hydrogen-bond donors (Lipinski definition) is 1. The van der Waals surface area contributed by atoms with Crippen LogP contribution < -0.4 is 5.32 Å². The zero-order chi connectivity index (χ0) is 23.8. The van der Waals surface area contributed by atoms with Crippen LogP contribution >= 0.6 is 11.8 Å². The van der Waals surface area contributed by atoms with Gasteiger partial charge in [0.2, 0.25) is 5.91 Å². The molecular weight excluding hydrogens is 420 g/mol. The van der Waals surface area contributed by atoms with Gasteiger partial charge in [-0.25, -0.2) is 4.68 Å². The molecule has 8 heteroatoms. The van der Waals surface area contributed by atoms with Gasteiger partial charge in [0.05, 0.1) is 22.7 Å². The lowest BCUT2D eigenvalue weighted by molar-refractivity contribution is -0.113. The summed E-state index contributed by atoms with van der Waals surface area (Å²) in [6, 6.07) is 8.26. The van der Waals surface area contributed by atoms with Crippen LogP contribution in [-0.4, -0.2) is 36.2 Å². The molecule has 0 saturated heterocycles. The molecule has 0 fully saturated rings. The third-order valence-corrected chi connectivity index (χ3v) is 6.04. The molecule has 172 valence electrons. The van der Waals surface area contributed by atoms with Crippen LogP contribution in [0.4, 0.5) is 5.82 Å². The quantitative estimate of drug-likeness (QED) is 0.538. The number of rotatable bonds is 5. The van der Waals surface area contributed by atoms with Gasteiger partial charge >= 0.3 is 0 Å². The second-order valence-electron chi connectivity index (χ2n) is 10.2. The minimum atomic E-state index is -0.251. The van der Waals surface area contributed by atoms with Crippen molar-refractivity contribution in [3.05, 3.63) is 46.9 Å². The second-order valence-corrected chi connectivity index (χ2v) is 11.2. The lowest BCUT2D eigenvalue weighted by Crippen LogP contribution is -2.27. The van der Waals surface area contributed by atoms with Crippen LogP contribution in [0.15, 0.2) is 29.4 Å². The fourth-order valence-corrected chi connectivity index (χ4v) is 4.12. The maximum absolute atomic E-state index is 12.9. The number of nitrogens with zero attached hydrogens (tertiary/aromatic N) is 5. The molecule has 0 unspecified atom stereocenters. The summed E-state index contributed by atoms with van der Waals surface area (Å²) in [5.74, 6) is 1.62. The average molecular weight is 455 g/mol. The lowest BCUT2D eigenvalue weighted by atomic mass is 9.92. The van der Waals surface area contributed by atoms with Crippen LogP contribution in [0.25, 0.3) is 5.69 Å². The Kier molecular flexibility index (Phi) is 6.56. The number of benzene rings is 1. The monoisotopic (exact) mass is 454 g/mol. The topological polar surface area (TPSA) is 77.6 Å². The summed E-state index contributed by atoms with van der Waals surface area (Å²) < 4.78 is 3.90. The summed E-state index contributed by atoms with van der Waals surface area (Å²) in [4.78, 5) is 12.9. The number of thioether (sulfide) groups is 1. The van der Waals surface area contributed by atoms with Gasteiger partial charge in [0.25, 0.3) is 0 Å². The molecule has 1 N–H and O–H groups in total. The summed E-state index contributed by atoms with van der Waals surface area (Å²) in [5.41, 5.74) is 3.92. The molecule has 7 nitrogen and oxygen atoms in total. The lowest BCUT2D eigenvalue weighted by Gasteiger charge is -2.23. The van der Waals surface area contributed by atoms with E-state index in [0.29, 0.717) is 11.0 Å². The fourth-order valence-electron chi connectivity index (χ4n) is 3.33. The van der Waals surface area contributed by atoms with E-state index < -0.39 is 0 Å². The first-order chi connectivity index (χ1) is 14.8. The van der Waals surface area contributed by atoms with E-state index in [-0.39, 0.29) is 22.6 Å². The van der Waals surface area contributed by atoms with Crippen molar-refractivity contribution in [1.82, 2.24) is 24.5 Å². The predicted octanol–water partition coefficient (Wildman–Crippen LogP) is 5.17. The minimum Gasteiger partial charge on any atom is -0.310 e. The number of hydrogen-bond acceptors (Lipinski definition) is 5. The van der Waals surface area contributed by atoms with Crippen molar-refractivity contribution < 1.29 is 4.79 Å². The maximum atomic E-state index is 12.9. The molecule has 2 heterocycles. The van der Waals surface area contributed by atoms with Crippen molar-refractivity contribution in [3.8, 4) is 5.69 Å². The van der Waals surface area contributed by atoms with Gasteiger partial charge in [-0.15, -0.1) is 10.2 Å². The largest absolute Gasteiger partial charge is 0.310 e. The number of aromatic nitrogens is 5. The molecule has 3 aromatic rings. The molecule has 1 amide bonds. The minimum absolute atomic E-state index is 0.103. The van der Waals surface area contributed by atoms with Gasteiger partial charge in [-0.05, 0) is 58.7 Å². The normalized spacial score (nSPS) is 12.3. The highest BCUT2D eigenvalue weighted by Gasteiger charge is 2.26. The molecule has 0 aliphatic heterocycles. The van der Waals surface area contributed by atoms with Crippen LogP contribution in [0.2, 0.25) is 0 Å². The Morgan fingerprint density at radius 2 is 1.72 bits per heavy atom. The third-order valence-electron chi connectivity index (χ3n) is 5.11. The van der Waals surface area contributed by atoms with Crippen molar-refractivity contribution in [2.75, 3.05) is 11.1 Å². The predicted molar refractivity (Wildman–Crippen MR) is 131 cm³/mol. The van der Waals surface area contributed by atoms with Crippen LogP contribution in [0.5, 0.6) is 0 Å². The molecule has 2 aromatic heterocycles. The smallest absolute Gasteiger partial charge is 0.235 e. The maximum Gasteiger partial charge on any atom is 0.235 e. The van der Waals surface area contributed by atoms with E-state index in [2.05, 4.69) is 89.1 Å². The summed E-state index contributed by atoms with van der Waals surface area (Å²) in [7, 11) is 0. The number of aryl methyl sites for hydroxylation is 3. The summed E-state index contributed by atoms with van der Waals surface area (Å²) in [6.07, 6.45) is 0. The van der Waals surface area contributed by atoms with E-state index in [4.69, 9.17) is 5.10 Å². The molecule has 0 spiro atoms. The molecule has 0 atom stereocenters. The first-order valence-electron chi connectivity index (χ1n) is 10.8.